The van der Waals surface area contributed by atoms with Crippen LogP contribution in [0.5, 0.6) is 5.75 Å². The number of carbonyl (C=O) groups excluding carboxylic acids is 3. The molecule has 190 valence electrons. The van der Waals surface area contributed by atoms with E-state index in [1.165, 1.54) is 0 Å². The van der Waals surface area contributed by atoms with Crippen molar-refractivity contribution in [3.05, 3.63) is 52.1 Å². The van der Waals surface area contributed by atoms with Crippen LogP contribution in [-0.4, -0.2) is 36.9 Å². The maximum absolute atomic E-state index is 14.8. The van der Waals surface area contributed by atoms with Crippen LogP contribution < -0.4 is 15.4 Å². The van der Waals surface area contributed by atoms with Crippen LogP contribution in [0.15, 0.2) is 41.0 Å². The van der Waals surface area contributed by atoms with Gasteiger partial charge in [0.2, 0.25) is 11.8 Å². The second-order valence-corrected chi connectivity index (χ2v) is 11.2. The molecule has 1 aromatic carbocycles. The topological polar surface area (TPSA) is 108 Å². The molecule has 0 aromatic heterocycles. The number of hydrogen-bond donors (Lipinski definition) is 1. The van der Waals surface area contributed by atoms with Crippen molar-refractivity contribution in [1.29, 1.82) is 0 Å². The standard InChI is InChI=1S/C28H32N2O6/c1-8-35-24(32)21-23(29)36-19-13-26(3,4)12-18(31)20(19)28(21)17-10-15(34-7)9-16-14(2)11-27(5,6)30(22(16)17)25(28)33/h9-11H,8,12-13,29H2,1-7H3/t28-/m1/s1. The van der Waals surface area contributed by atoms with Gasteiger partial charge in [0.05, 0.1) is 30.5 Å². The van der Waals surface area contributed by atoms with E-state index in [4.69, 9.17) is 19.9 Å². The SMILES string of the molecule is CCOC(=O)C1=C(N)OC2=C(C(=O)CC(C)(C)C2)[C@@]12C(=O)N1c3c(cc(OC)cc32)C(C)=CC1(C)C. The number of hydrogen-bond acceptors (Lipinski definition) is 7. The summed E-state index contributed by atoms with van der Waals surface area (Å²) >= 11 is 0. The smallest absolute Gasteiger partial charge is 0.341 e. The molecule has 0 radical (unpaired) electrons. The van der Waals surface area contributed by atoms with Gasteiger partial charge in [-0.05, 0) is 50.8 Å². The lowest BCUT2D eigenvalue weighted by Crippen LogP contribution is -2.56. The van der Waals surface area contributed by atoms with Gasteiger partial charge < -0.3 is 24.8 Å². The van der Waals surface area contributed by atoms with Gasteiger partial charge in [0.1, 0.15) is 22.5 Å². The molecule has 1 aromatic rings. The molecule has 1 aliphatic carbocycles. The van der Waals surface area contributed by atoms with Crippen molar-refractivity contribution in [3.8, 4) is 5.75 Å². The fourth-order valence-electron chi connectivity index (χ4n) is 6.36. The van der Waals surface area contributed by atoms with Gasteiger partial charge in [0, 0.05) is 24.0 Å². The van der Waals surface area contributed by atoms with E-state index in [1.807, 2.05) is 46.8 Å². The quantitative estimate of drug-likeness (QED) is 0.638. The lowest BCUT2D eigenvalue weighted by atomic mass is 9.61. The van der Waals surface area contributed by atoms with Crippen molar-refractivity contribution in [2.45, 2.75) is 65.3 Å². The molecule has 0 unspecified atom stereocenters. The number of carbonyl (C=O) groups is 3. The van der Waals surface area contributed by atoms with Crippen LogP contribution in [0.25, 0.3) is 5.57 Å². The fraction of sp³-hybridized carbons (Fsp3) is 0.464. The van der Waals surface area contributed by atoms with Crippen molar-refractivity contribution in [3.63, 3.8) is 0 Å². The Hall–Kier alpha value is -3.55. The van der Waals surface area contributed by atoms with Gasteiger partial charge in [-0.2, -0.15) is 0 Å². The van der Waals surface area contributed by atoms with Gasteiger partial charge >= 0.3 is 5.97 Å². The molecule has 1 atom stereocenters. The van der Waals surface area contributed by atoms with E-state index in [1.54, 1.807) is 25.0 Å². The second kappa shape index (κ2) is 7.48. The molecular weight excluding hydrogens is 460 g/mol. The minimum absolute atomic E-state index is 0.0683. The predicted octanol–water partition coefficient (Wildman–Crippen LogP) is 3.88. The van der Waals surface area contributed by atoms with Crippen molar-refractivity contribution < 1.29 is 28.6 Å². The largest absolute Gasteiger partial charge is 0.497 e. The first-order chi connectivity index (χ1) is 16.8. The Morgan fingerprint density at radius 2 is 1.86 bits per heavy atom. The van der Waals surface area contributed by atoms with E-state index < -0.39 is 28.2 Å². The Balaban J connectivity index is 1.96. The molecule has 0 saturated carbocycles. The van der Waals surface area contributed by atoms with E-state index in [2.05, 4.69) is 0 Å². The summed E-state index contributed by atoms with van der Waals surface area (Å²) in [5.74, 6) is -0.840. The first-order valence-corrected chi connectivity index (χ1v) is 12.2. The number of esters is 1. The minimum Gasteiger partial charge on any atom is -0.497 e. The third-order valence-corrected chi connectivity index (χ3v) is 7.59. The molecular formula is C28H32N2O6. The zero-order valence-corrected chi connectivity index (χ0v) is 21.8. The molecule has 5 rings (SSSR count). The number of Topliss-reactive ketones (excluding diaryl/α,β-unsaturated/α-hetero) is 1. The zero-order chi connectivity index (χ0) is 26.4. The van der Waals surface area contributed by atoms with Gasteiger partial charge in [0.15, 0.2) is 5.78 Å². The Bertz CT molecular complexity index is 1350. The van der Waals surface area contributed by atoms with E-state index >= 15 is 0 Å². The maximum atomic E-state index is 14.8. The average molecular weight is 493 g/mol. The number of amides is 1. The first kappa shape index (κ1) is 24.2. The Morgan fingerprint density at radius 1 is 1.17 bits per heavy atom. The van der Waals surface area contributed by atoms with Crippen molar-refractivity contribution >= 4 is 28.9 Å². The Morgan fingerprint density at radius 3 is 2.50 bits per heavy atom. The number of anilines is 1. The van der Waals surface area contributed by atoms with Crippen molar-refractivity contribution in [1.82, 2.24) is 0 Å². The van der Waals surface area contributed by atoms with Crippen LogP contribution >= 0.6 is 0 Å². The number of nitrogens with zero attached hydrogens (tertiary/aromatic N) is 1. The number of ether oxygens (including phenoxy) is 3. The highest BCUT2D eigenvalue weighted by atomic mass is 16.5. The number of fused-ring (bicyclic) bond motifs is 2. The fourth-order valence-corrected chi connectivity index (χ4v) is 6.36. The van der Waals surface area contributed by atoms with Gasteiger partial charge in [-0.1, -0.05) is 19.9 Å². The van der Waals surface area contributed by atoms with Crippen LogP contribution in [0, 0.1) is 5.41 Å². The number of rotatable bonds is 3. The molecule has 36 heavy (non-hydrogen) atoms. The predicted molar refractivity (Wildman–Crippen MR) is 134 cm³/mol. The highest BCUT2D eigenvalue weighted by molar-refractivity contribution is 6.25. The van der Waals surface area contributed by atoms with Gasteiger partial charge in [-0.25, -0.2) is 4.79 Å². The van der Waals surface area contributed by atoms with Crippen LogP contribution in [0.4, 0.5) is 5.69 Å². The summed E-state index contributed by atoms with van der Waals surface area (Å²) in [4.78, 5) is 43.9. The summed E-state index contributed by atoms with van der Waals surface area (Å²) in [7, 11) is 1.54. The molecule has 3 aliphatic heterocycles. The van der Waals surface area contributed by atoms with E-state index in [0.717, 1.165) is 11.1 Å². The molecule has 8 nitrogen and oxygen atoms in total. The second-order valence-electron chi connectivity index (χ2n) is 11.2. The Labute approximate surface area is 210 Å². The van der Waals surface area contributed by atoms with Crippen LogP contribution in [0.2, 0.25) is 0 Å². The van der Waals surface area contributed by atoms with Crippen molar-refractivity contribution in [2.75, 3.05) is 18.6 Å². The Kier molecular flexibility index (Phi) is 5.02. The van der Waals surface area contributed by atoms with Gasteiger partial charge in [-0.3, -0.25) is 9.59 Å². The summed E-state index contributed by atoms with van der Waals surface area (Å²) in [6.45, 7) is 11.5. The summed E-state index contributed by atoms with van der Waals surface area (Å²) in [5, 5.41) is 0. The number of allylic oxidation sites excluding steroid dienone is 2. The molecule has 8 heteroatoms. The molecule has 0 saturated heterocycles. The van der Waals surface area contributed by atoms with Crippen molar-refractivity contribution in [2.24, 2.45) is 11.1 Å². The van der Waals surface area contributed by atoms with Crippen LogP contribution in [0.3, 0.4) is 0 Å². The number of benzene rings is 1. The maximum Gasteiger partial charge on any atom is 0.341 e. The molecule has 3 heterocycles. The number of nitrogens with two attached hydrogens (primary N) is 1. The highest BCUT2D eigenvalue weighted by Gasteiger charge is 2.67. The van der Waals surface area contributed by atoms with Crippen LogP contribution in [0.1, 0.15) is 65.5 Å². The normalized spacial score (nSPS) is 25.4. The van der Waals surface area contributed by atoms with E-state index in [9.17, 15) is 14.4 Å². The lowest BCUT2D eigenvalue weighted by Gasteiger charge is -2.43. The van der Waals surface area contributed by atoms with Gasteiger partial charge in [0.25, 0.3) is 0 Å². The summed E-state index contributed by atoms with van der Waals surface area (Å²) in [6.07, 6.45) is 2.60. The molecule has 4 aliphatic rings. The molecule has 1 spiro atoms. The monoisotopic (exact) mass is 492 g/mol. The number of methoxy groups -OCH3 is 1. The summed E-state index contributed by atoms with van der Waals surface area (Å²) in [5.41, 5.74) is 6.41. The minimum atomic E-state index is -1.80. The van der Waals surface area contributed by atoms with Gasteiger partial charge in [-0.15, -0.1) is 0 Å². The van der Waals surface area contributed by atoms with Crippen LogP contribution in [-0.2, 0) is 29.3 Å². The molecule has 0 bridgehead atoms. The summed E-state index contributed by atoms with van der Waals surface area (Å²) < 4.78 is 17.0. The van der Waals surface area contributed by atoms with E-state index in [0.29, 0.717) is 29.2 Å². The lowest BCUT2D eigenvalue weighted by molar-refractivity contribution is -0.141. The van der Waals surface area contributed by atoms with E-state index in [-0.39, 0.29) is 35.8 Å². The molecule has 0 fully saturated rings. The zero-order valence-electron chi connectivity index (χ0n) is 21.8. The summed E-state index contributed by atoms with van der Waals surface area (Å²) in [6, 6.07) is 3.61. The number of ketones is 1. The first-order valence-electron chi connectivity index (χ1n) is 12.2. The highest BCUT2D eigenvalue weighted by Crippen LogP contribution is 2.61. The molecule has 2 N–H and O–H groups in total. The molecule has 1 amide bonds. The third kappa shape index (κ3) is 2.96. The average Bonchev–Trinajstić information content (AvgIpc) is 3.00. The third-order valence-electron chi connectivity index (χ3n) is 7.59.